The molecule has 2 nitrogen and oxygen atoms in total. The Kier molecular flexibility index (Phi) is 5.12. The molecule has 5 aliphatic rings. The molecule has 1 aliphatic heterocycles. The lowest BCUT2D eigenvalue weighted by atomic mass is 9.65. The number of hydrogen-bond donors (Lipinski definition) is 0. The maximum Gasteiger partial charge on any atom is 0.141 e. The molecule has 0 saturated carbocycles. The van der Waals surface area contributed by atoms with Gasteiger partial charge in [-0.25, -0.2) is 4.98 Å². The third-order valence-electron chi connectivity index (χ3n) is 11.3. The van der Waals surface area contributed by atoms with Crippen molar-refractivity contribution in [3.63, 3.8) is 0 Å². The molecule has 0 saturated heterocycles. The Bertz CT molecular complexity index is 1990. The molecule has 4 aliphatic carbocycles. The predicted molar refractivity (Wildman–Crippen MR) is 178 cm³/mol. The lowest BCUT2D eigenvalue weighted by Gasteiger charge is -2.39. The second-order valence-electron chi connectivity index (χ2n) is 14.2. The average Bonchev–Trinajstić information content (AvgIpc) is 3.50. The zero-order valence-electron chi connectivity index (χ0n) is 25.6. The molecule has 0 bridgehead atoms. The van der Waals surface area contributed by atoms with Crippen molar-refractivity contribution in [1.82, 2.24) is 9.55 Å². The summed E-state index contributed by atoms with van der Waals surface area (Å²) in [4.78, 5) is 5.42. The van der Waals surface area contributed by atoms with Crippen molar-refractivity contribution in [2.24, 2.45) is 11.8 Å². The van der Waals surface area contributed by atoms with Gasteiger partial charge in [0.1, 0.15) is 5.82 Å². The minimum atomic E-state index is -0.117. The molecule has 3 aromatic carbocycles. The molecule has 9 rings (SSSR count). The zero-order valence-corrected chi connectivity index (χ0v) is 25.6. The number of fused-ring (bicyclic) bond motifs is 11. The number of imidazole rings is 1. The van der Waals surface area contributed by atoms with E-state index in [1.165, 1.54) is 68.1 Å². The van der Waals surface area contributed by atoms with Gasteiger partial charge in [0.25, 0.3) is 0 Å². The Labute approximate surface area is 255 Å². The van der Waals surface area contributed by atoms with Crippen molar-refractivity contribution in [2.45, 2.75) is 64.2 Å². The van der Waals surface area contributed by atoms with E-state index in [4.69, 9.17) is 4.98 Å². The third-order valence-corrected chi connectivity index (χ3v) is 11.3. The zero-order chi connectivity index (χ0) is 29.1. The van der Waals surface area contributed by atoms with Crippen molar-refractivity contribution < 1.29 is 0 Å². The van der Waals surface area contributed by atoms with Crippen LogP contribution in [0.4, 0.5) is 0 Å². The SMILES string of the molecule is CC1(C)C2=C(c3nc4c(n3-c3ccc(-c5cccc6c5-c5ccccc5C6(C)C)cc31)CCC=C4)C1C=CC=C[C@H]1CC2. The van der Waals surface area contributed by atoms with Gasteiger partial charge in [0.15, 0.2) is 0 Å². The van der Waals surface area contributed by atoms with E-state index in [1.807, 2.05) is 0 Å². The second kappa shape index (κ2) is 8.69. The summed E-state index contributed by atoms with van der Waals surface area (Å²) < 4.78 is 2.56. The molecule has 0 N–H and O–H groups in total. The van der Waals surface area contributed by atoms with Crippen LogP contribution in [0.2, 0.25) is 0 Å². The van der Waals surface area contributed by atoms with E-state index < -0.39 is 0 Å². The highest BCUT2D eigenvalue weighted by atomic mass is 15.1. The van der Waals surface area contributed by atoms with Crippen LogP contribution in [0.15, 0.2) is 96.6 Å². The molecule has 2 heterocycles. The van der Waals surface area contributed by atoms with Gasteiger partial charge in [-0.15, -0.1) is 0 Å². The largest absolute Gasteiger partial charge is 0.296 e. The first-order valence-corrected chi connectivity index (χ1v) is 16.1. The van der Waals surface area contributed by atoms with E-state index in [-0.39, 0.29) is 10.8 Å². The minimum Gasteiger partial charge on any atom is -0.296 e. The molecule has 2 heteroatoms. The highest BCUT2D eigenvalue weighted by molar-refractivity contribution is 5.93. The fraction of sp³-hybridized carbons (Fsp3) is 0.293. The van der Waals surface area contributed by atoms with Gasteiger partial charge in [0, 0.05) is 22.3 Å². The van der Waals surface area contributed by atoms with Crippen molar-refractivity contribution in [3.8, 4) is 27.9 Å². The Morgan fingerprint density at radius 1 is 0.791 bits per heavy atom. The molecule has 4 aromatic rings. The van der Waals surface area contributed by atoms with Gasteiger partial charge in [-0.2, -0.15) is 0 Å². The molecule has 2 atom stereocenters. The van der Waals surface area contributed by atoms with E-state index in [0.717, 1.165) is 25.0 Å². The van der Waals surface area contributed by atoms with E-state index in [1.54, 1.807) is 5.57 Å². The summed E-state index contributed by atoms with van der Waals surface area (Å²) in [5.41, 5.74) is 16.5. The lowest BCUT2D eigenvalue weighted by Crippen LogP contribution is -2.29. The van der Waals surface area contributed by atoms with E-state index >= 15 is 0 Å². The first-order chi connectivity index (χ1) is 20.9. The second-order valence-corrected chi connectivity index (χ2v) is 14.2. The van der Waals surface area contributed by atoms with Crippen LogP contribution in [-0.4, -0.2) is 9.55 Å². The smallest absolute Gasteiger partial charge is 0.141 e. The Balaban J connectivity index is 1.32. The van der Waals surface area contributed by atoms with Gasteiger partial charge >= 0.3 is 0 Å². The first-order valence-electron chi connectivity index (χ1n) is 16.1. The number of rotatable bonds is 1. The standard InChI is InChI=1S/C41H38N2/c1-40(2)30-16-8-7-14-29(30)37-28(15-11-17-31(37)40)26-21-23-35-33(24-26)41(3,4)32-22-20-25-12-5-6-13-27(25)38(32)39-42-34-18-9-10-19-36(34)43(35)39/h5-9,11-18,21,23-25,27H,10,19-20,22H2,1-4H3/t25-,27?/m0/s1. The highest BCUT2D eigenvalue weighted by Crippen LogP contribution is 2.55. The van der Waals surface area contributed by atoms with Crippen LogP contribution in [0.3, 0.4) is 0 Å². The molecule has 0 amide bonds. The van der Waals surface area contributed by atoms with Crippen LogP contribution in [0.25, 0.3) is 39.6 Å². The van der Waals surface area contributed by atoms with Crippen LogP contribution in [0, 0.1) is 11.8 Å². The van der Waals surface area contributed by atoms with Gasteiger partial charge in [-0.3, -0.25) is 4.57 Å². The summed E-state index contributed by atoms with van der Waals surface area (Å²) in [6, 6.07) is 23.3. The van der Waals surface area contributed by atoms with Crippen LogP contribution in [-0.2, 0) is 17.3 Å². The molecular weight excluding hydrogens is 520 g/mol. The number of nitrogens with zero attached hydrogens (tertiary/aromatic N) is 2. The molecular formula is C41H38N2. The van der Waals surface area contributed by atoms with Gasteiger partial charge < -0.3 is 0 Å². The van der Waals surface area contributed by atoms with Gasteiger partial charge in [-0.05, 0) is 88.8 Å². The third kappa shape index (κ3) is 3.33. The number of aromatic nitrogens is 2. The lowest BCUT2D eigenvalue weighted by molar-refractivity contribution is 0.455. The van der Waals surface area contributed by atoms with E-state index in [0.29, 0.717) is 11.8 Å². The molecule has 0 radical (unpaired) electrons. The highest BCUT2D eigenvalue weighted by Gasteiger charge is 2.43. The summed E-state index contributed by atoms with van der Waals surface area (Å²) in [6.07, 6.45) is 18.3. The fourth-order valence-electron chi connectivity index (χ4n) is 9.08. The quantitative estimate of drug-likeness (QED) is 0.227. The Hall–Kier alpha value is -4.17. The van der Waals surface area contributed by atoms with Gasteiger partial charge in [0.05, 0.1) is 17.1 Å². The first kappa shape index (κ1) is 25.3. The number of benzene rings is 3. The van der Waals surface area contributed by atoms with Crippen LogP contribution in [0.5, 0.6) is 0 Å². The Morgan fingerprint density at radius 2 is 1.60 bits per heavy atom. The summed E-state index contributed by atoms with van der Waals surface area (Å²) >= 11 is 0. The van der Waals surface area contributed by atoms with Crippen molar-refractivity contribution in [3.05, 3.63) is 131 Å². The summed E-state index contributed by atoms with van der Waals surface area (Å²) in [5, 5.41) is 0. The van der Waals surface area contributed by atoms with Crippen LogP contribution in [0.1, 0.15) is 80.9 Å². The summed E-state index contributed by atoms with van der Waals surface area (Å²) in [6.45, 7) is 9.69. The molecule has 1 aromatic heterocycles. The Morgan fingerprint density at radius 3 is 2.51 bits per heavy atom. The number of allylic oxidation sites excluding steroid dienone is 7. The van der Waals surface area contributed by atoms with Crippen molar-refractivity contribution >= 4 is 11.6 Å². The maximum absolute atomic E-state index is 5.42. The van der Waals surface area contributed by atoms with Gasteiger partial charge in [-0.1, -0.05) is 112 Å². The van der Waals surface area contributed by atoms with Crippen molar-refractivity contribution in [2.75, 3.05) is 0 Å². The summed E-state index contributed by atoms with van der Waals surface area (Å²) in [5.74, 6) is 2.10. The topological polar surface area (TPSA) is 17.8 Å². The van der Waals surface area contributed by atoms with E-state index in [9.17, 15) is 0 Å². The normalized spacial score (nSPS) is 23.0. The molecule has 0 fully saturated rings. The van der Waals surface area contributed by atoms with Crippen molar-refractivity contribution in [1.29, 1.82) is 0 Å². The molecule has 0 spiro atoms. The molecule has 43 heavy (non-hydrogen) atoms. The predicted octanol–water partition coefficient (Wildman–Crippen LogP) is 10.0. The molecule has 212 valence electrons. The fourth-order valence-corrected chi connectivity index (χ4v) is 9.08. The summed E-state index contributed by atoms with van der Waals surface area (Å²) in [7, 11) is 0. The monoisotopic (exact) mass is 558 g/mol. The number of hydrogen-bond acceptors (Lipinski definition) is 1. The average molecular weight is 559 g/mol. The van der Waals surface area contributed by atoms with E-state index in [2.05, 4.69) is 129 Å². The van der Waals surface area contributed by atoms with Crippen LogP contribution < -0.4 is 0 Å². The van der Waals surface area contributed by atoms with Crippen LogP contribution >= 0.6 is 0 Å². The molecule has 1 unspecified atom stereocenters. The maximum atomic E-state index is 5.42. The minimum absolute atomic E-state index is 0.00843. The van der Waals surface area contributed by atoms with Gasteiger partial charge in [0.2, 0.25) is 0 Å².